The van der Waals surface area contributed by atoms with Crippen molar-refractivity contribution in [2.75, 3.05) is 26.4 Å². The lowest BCUT2D eigenvalue weighted by molar-refractivity contribution is -0.364. The highest BCUT2D eigenvalue weighted by Crippen LogP contribution is 2.47. The van der Waals surface area contributed by atoms with Crippen molar-refractivity contribution < 1.29 is 144 Å². The van der Waals surface area contributed by atoms with Gasteiger partial charge < -0.3 is 139 Å². The number of hydrogen-bond donors (Lipinski definition) is 18. The number of esters is 1. The summed E-state index contributed by atoms with van der Waals surface area (Å²) in [6, 6.07) is 9.21. The van der Waals surface area contributed by atoms with Gasteiger partial charge in [0, 0.05) is 23.8 Å². The van der Waals surface area contributed by atoms with E-state index in [0.29, 0.717) is 0 Å². The highest BCUT2D eigenvalue weighted by molar-refractivity contribution is 5.87. The van der Waals surface area contributed by atoms with Gasteiger partial charge in [0.25, 0.3) is 0 Å². The summed E-state index contributed by atoms with van der Waals surface area (Å²) in [4.78, 5) is 13.1. The minimum absolute atomic E-state index is 0.0290. The Morgan fingerprint density at radius 3 is 1.64 bits per heavy atom. The molecule has 424 valence electrons. The number of ether oxygens (including phenoxy) is 10. The molecular weight excluding hydrogens is 1040 g/mol. The van der Waals surface area contributed by atoms with E-state index in [9.17, 15) is 96.7 Å². The summed E-state index contributed by atoms with van der Waals surface area (Å²) >= 11 is 0. The molecule has 29 nitrogen and oxygen atoms in total. The number of rotatable bonds is 16. The number of benzene rings is 3. The third kappa shape index (κ3) is 12.1. The van der Waals surface area contributed by atoms with E-state index in [-0.39, 0.29) is 39.7 Å². The topological polar surface area (TPSA) is 474 Å². The number of hydrogen-bond acceptors (Lipinski definition) is 29. The van der Waals surface area contributed by atoms with Gasteiger partial charge in [-0.3, -0.25) is 0 Å². The van der Waals surface area contributed by atoms with Crippen molar-refractivity contribution in [1.29, 1.82) is 0 Å². The smallest absolute Gasteiger partial charge is 0.330 e. The van der Waals surface area contributed by atoms with E-state index >= 15 is 0 Å². The second kappa shape index (κ2) is 24.1. The Bertz CT molecular complexity index is 2580. The molecule has 3 aromatic rings. The summed E-state index contributed by atoms with van der Waals surface area (Å²) in [5, 5.41) is 188. The second-order valence-electron chi connectivity index (χ2n) is 18.4. The van der Waals surface area contributed by atoms with Crippen molar-refractivity contribution >= 4 is 18.1 Å². The van der Waals surface area contributed by atoms with Crippen molar-refractivity contribution in [3.63, 3.8) is 0 Å². The Hall–Kier alpha value is -5.75. The highest BCUT2D eigenvalue weighted by Gasteiger charge is 2.53. The van der Waals surface area contributed by atoms with Crippen LogP contribution in [0.4, 0.5) is 0 Å². The van der Waals surface area contributed by atoms with Gasteiger partial charge in [-0.05, 0) is 42.0 Å². The van der Waals surface area contributed by atoms with Gasteiger partial charge in [0.2, 0.25) is 18.9 Å². The molecule has 3 aromatic carbocycles. The van der Waals surface area contributed by atoms with Gasteiger partial charge >= 0.3 is 5.97 Å². The summed E-state index contributed by atoms with van der Waals surface area (Å²) < 4.78 is 57.6. The summed E-state index contributed by atoms with van der Waals surface area (Å²) in [7, 11) is 0. The lowest BCUT2D eigenvalue weighted by Gasteiger charge is -2.46. The van der Waals surface area contributed by atoms with Crippen molar-refractivity contribution in [3.8, 4) is 40.2 Å². The second-order valence-corrected chi connectivity index (χ2v) is 18.4. The molecule has 0 radical (unpaired) electrons. The minimum atomic E-state index is -2.15. The Labute approximate surface area is 434 Å². The molecule has 0 saturated carbocycles. The maximum absolute atomic E-state index is 13.1. The van der Waals surface area contributed by atoms with Crippen LogP contribution in [-0.2, 0) is 38.0 Å². The Kier molecular flexibility index (Phi) is 18.0. The molecule has 0 aromatic heterocycles. The molecule has 4 fully saturated rings. The van der Waals surface area contributed by atoms with E-state index in [2.05, 4.69) is 0 Å². The molecule has 77 heavy (non-hydrogen) atoms. The first-order chi connectivity index (χ1) is 36.6. The van der Waals surface area contributed by atoms with E-state index in [1.165, 1.54) is 30.4 Å². The zero-order valence-corrected chi connectivity index (χ0v) is 39.8. The molecule has 8 rings (SSSR count). The van der Waals surface area contributed by atoms with Gasteiger partial charge in [-0.25, -0.2) is 4.79 Å². The molecule has 4 saturated heterocycles. The van der Waals surface area contributed by atoms with Crippen LogP contribution in [0.25, 0.3) is 12.2 Å². The van der Waals surface area contributed by atoms with E-state index in [4.69, 9.17) is 47.4 Å². The SMILES string of the molecule is O=C(/C=C/c1ccc(O[C@@H]2O[C@@H](CO)[C@@H](O)[C@H](O)[C@@H]2O)c(O)c1)OC[C@H]1O[C@@H](OC2=Cc3c(cc(O)cc3O[C@@H]3O[C@@H](CO)[C@@H](O)[C@H](O)[C@@H]3O)OC2c2ccc(O)c(O)c2)[C@H](O[C@@H]2O[C@H](CO)[C@@H](O)[C@H](O)[C@@H]2O)[C@@H](O)[C@@H]1O. The first kappa shape index (κ1) is 57.4. The fourth-order valence-corrected chi connectivity index (χ4v) is 8.80. The van der Waals surface area contributed by atoms with Gasteiger partial charge in [0.1, 0.15) is 121 Å². The standard InChI is InChI=1S/C48H58O29/c49-12-27-32(57)36(61)40(65)45(73-27)70-23-5-1-16(7-22(23)55)2-6-31(56)68-15-30-35(60)39(64)44(77-47-42(67)38(63)34(59)29(14-51)75-47)48(76-30)72-26-11-19-24(69-43(26)17-3-4-20(53)21(54)8-17)9-18(52)10-25(19)71-46-41(66)37(62)33(58)28(13-50)74-46/h1-11,27-30,32-55,57-67H,12-15H2/b6-2+/t27-,28-,29+,30+,32+,33+,34+,35+,36-,37-,38-,39-,40-,41-,42-,43?,44+,45+,46+,47-,48+/m0/s1. The summed E-state index contributed by atoms with van der Waals surface area (Å²) in [5.74, 6) is -4.52. The maximum atomic E-state index is 13.1. The molecule has 0 aliphatic carbocycles. The molecule has 21 atom stereocenters. The number of phenols is 4. The minimum Gasteiger partial charge on any atom is -0.508 e. The zero-order valence-electron chi connectivity index (χ0n) is 39.8. The average Bonchev–Trinajstić information content (AvgIpc) is 3.41. The van der Waals surface area contributed by atoms with Crippen LogP contribution in [0.5, 0.6) is 40.2 Å². The average molecular weight is 1100 g/mol. The summed E-state index contributed by atoms with van der Waals surface area (Å²) in [6.45, 7) is -3.32. The van der Waals surface area contributed by atoms with Gasteiger partial charge in [-0.1, -0.05) is 12.1 Å². The van der Waals surface area contributed by atoms with Gasteiger partial charge in [0.05, 0.1) is 25.4 Å². The zero-order chi connectivity index (χ0) is 55.7. The lowest BCUT2D eigenvalue weighted by atomic mass is 9.97. The van der Waals surface area contributed by atoms with Crippen LogP contribution in [0.1, 0.15) is 22.8 Å². The van der Waals surface area contributed by atoms with E-state index < -0.39 is 184 Å². The molecule has 5 heterocycles. The van der Waals surface area contributed by atoms with Crippen molar-refractivity contribution in [2.24, 2.45) is 0 Å². The molecule has 5 aliphatic rings. The number of carbonyl (C=O) groups is 1. The largest absolute Gasteiger partial charge is 0.508 e. The third-order valence-electron chi connectivity index (χ3n) is 13.2. The van der Waals surface area contributed by atoms with Gasteiger partial charge in [0.15, 0.2) is 41.5 Å². The van der Waals surface area contributed by atoms with Crippen LogP contribution < -0.4 is 14.2 Å². The van der Waals surface area contributed by atoms with Gasteiger partial charge in [-0.15, -0.1) is 0 Å². The number of carbonyl (C=O) groups excluding carboxylic acids is 1. The molecule has 0 bridgehead atoms. The van der Waals surface area contributed by atoms with Crippen molar-refractivity contribution in [2.45, 2.75) is 129 Å². The normalized spacial score (nSPS) is 37.3. The Morgan fingerprint density at radius 1 is 0.519 bits per heavy atom. The molecular formula is C48H58O29. The van der Waals surface area contributed by atoms with Crippen LogP contribution >= 0.6 is 0 Å². The number of aromatic hydroxyl groups is 4. The predicted molar refractivity (Wildman–Crippen MR) is 247 cm³/mol. The third-order valence-corrected chi connectivity index (χ3v) is 13.2. The van der Waals surface area contributed by atoms with E-state index in [1.807, 2.05) is 0 Å². The molecule has 5 aliphatic heterocycles. The highest BCUT2D eigenvalue weighted by atomic mass is 16.8. The molecule has 1 unspecified atom stereocenters. The van der Waals surface area contributed by atoms with Crippen LogP contribution in [0.2, 0.25) is 0 Å². The first-order valence-electron chi connectivity index (χ1n) is 23.7. The first-order valence-corrected chi connectivity index (χ1v) is 23.7. The monoisotopic (exact) mass is 1100 g/mol. The molecule has 18 N–H and O–H groups in total. The number of phenolic OH excluding ortho intramolecular Hbond substituents is 4. The Balaban J connectivity index is 1.07. The maximum Gasteiger partial charge on any atom is 0.330 e. The quantitative estimate of drug-likeness (QED) is 0.0361. The van der Waals surface area contributed by atoms with Crippen LogP contribution in [0.15, 0.2) is 60.4 Å². The summed E-state index contributed by atoms with van der Waals surface area (Å²) in [6.07, 6.45) is -34.7. The van der Waals surface area contributed by atoms with E-state index in [1.54, 1.807) is 0 Å². The molecule has 0 spiro atoms. The van der Waals surface area contributed by atoms with Gasteiger partial charge in [-0.2, -0.15) is 0 Å². The molecule has 29 heteroatoms. The number of fused-ring (bicyclic) bond motifs is 1. The van der Waals surface area contributed by atoms with E-state index in [0.717, 1.165) is 36.4 Å². The van der Waals surface area contributed by atoms with Crippen LogP contribution in [0, 0.1) is 0 Å². The Morgan fingerprint density at radius 2 is 1.06 bits per heavy atom. The number of aliphatic hydroxyl groups is 14. The molecule has 0 amide bonds. The van der Waals surface area contributed by atoms with Crippen molar-refractivity contribution in [3.05, 3.63) is 77.1 Å². The fourth-order valence-electron chi connectivity index (χ4n) is 8.80. The van der Waals surface area contributed by atoms with Crippen LogP contribution in [0.3, 0.4) is 0 Å². The lowest BCUT2D eigenvalue weighted by Crippen LogP contribution is -2.64. The predicted octanol–water partition coefficient (Wildman–Crippen LogP) is -5.75. The fraction of sp³-hybridized carbons (Fsp3) is 0.521. The number of aliphatic hydroxyl groups excluding tert-OH is 14. The van der Waals surface area contributed by atoms with Crippen molar-refractivity contribution in [1.82, 2.24) is 0 Å². The van der Waals surface area contributed by atoms with Crippen LogP contribution in [-0.4, -0.2) is 247 Å². The summed E-state index contributed by atoms with van der Waals surface area (Å²) in [5.41, 5.74) is 0.0873.